The van der Waals surface area contributed by atoms with E-state index in [1.54, 1.807) is 0 Å². The molecule has 21 heavy (non-hydrogen) atoms. The van der Waals surface area contributed by atoms with E-state index >= 15 is 0 Å². The summed E-state index contributed by atoms with van der Waals surface area (Å²) in [6.45, 7) is 10.3. The van der Waals surface area contributed by atoms with E-state index in [-0.39, 0.29) is 0 Å². The van der Waals surface area contributed by atoms with Crippen LogP contribution in [-0.4, -0.2) is 56.2 Å². The van der Waals surface area contributed by atoms with Gasteiger partial charge in [0.15, 0.2) is 0 Å². The normalized spacial score (nSPS) is 16.5. The van der Waals surface area contributed by atoms with Gasteiger partial charge in [-0.15, -0.1) is 0 Å². The zero-order valence-corrected chi connectivity index (χ0v) is 14.4. The summed E-state index contributed by atoms with van der Waals surface area (Å²) in [6.07, 6.45) is 2.55. The molecule has 1 aromatic rings. The van der Waals surface area contributed by atoms with Crippen LogP contribution in [0.25, 0.3) is 0 Å². The highest BCUT2D eigenvalue weighted by atomic mass is 16.5. The van der Waals surface area contributed by atoms with Crippen molar-refractivity contribution in [2.24, 2.45) is 0 Å². The largest absolute Gasteiger partial charge is 0.492 e. The van der Waals surface area contributed by atoms with Gasteiger partial charge in [-0.25, -0.2) is 0 Å². The molecule has 0 atom stereocenters. The molecule has 0 aliphatic carbocycles. The third-order valence-electron chi connectivity index (χ3n) is 4.05. The summed E-state index contributed by atoms with van der Waals surface area (Å²) < 4.78 is 5.79. The molecular weight excluding hydrogens is 260 g/mol. The standard InChI is InChI=1S/C16H26N2O.C2H6/c1-14-4-6-16(7-5-14)19-13-12-18(3)15-8-10-17(2)11-9-15;1-2/h4-7,15H,8-13H2,1-3H3;1-2H3. The Bertz CT molecular complexity index is 369. The van der Waals surface area contributed by atoms with Gasteiger partial charge in [-0.1, -0.05) is 31.5 Å². The number of hydrogen-bond donors (Lipinski definition) is 0. The maximum Gasteiger partial charge on any atom is 0.119 e. The maximum atomic E-state index is 5.79. The average molecular weight is 292 g/mol. The Labute approximate surface area is 130 Å². The van der Waals surface area contributed by atoms with Crippen LogP contribution in [0.15, 0.2) is 24.3 Å². The number of rotatable bonds is 5. The lowest BCUT2D eigenvalue weighted by atomic mass is 10.0. The minimum atomic E-state index is 0.720. The summed E-state index contributed by atoms with van der Waals surface area (Å²) in [7, 11) is 4.42. The molecule has 0 unspecified atom stereocenters. The van der Waals surface area contributed by atoms with Crippen LogP contribution in [-0.2, 0) is 0 Å². The molecule has 0 amide bonds. The number of piperidine rings is 1. The van der Waals surface area contributed by atoms with Gasteiger partial charge in [0.1, 0.15) is 12.4 Å². The zero-order chi connectivity index (χ0) is 15.7. The molecule has 0 bridgehead atoms. The highest BCUT2D eigenvalue weighted by Crippen LogP contribution is 2.15. The van der Waals surface area contributed by atoms with Crippen LogP contribution in [0.1, 0.15) is 32.3 Å². The molecule has 1 saturated heterocycles. The Morgan fingerprint density at radius 2 is 1.71 bits per heavy atom. The van der Waals surface area contributed by atoms with Crippen molar-refractivity contribution in [3.8, 4) is 5.75 Å². The van der Waals surface area contributed by atoms with Gasteiger partial charge < -0.3 is 9.64 Å². The fourth-order valence-corrected chi connectivity index (χ4v) is 2.56. The maximum absolute atomic E-state index is 5.79. The van der Waals surface area contributed by atoms with E-state index in [2.05, 4.69) is 43.0 Å². The molecule has 1 heterocycles. The van der Waals surface area contributed by atoms with E-state index in [1.807, 2.05) is 26.0 Å². The van der Waals surface area contributed by atoms with Crippen LogP contribution in [0, 0.1) is 6.92 Å². The number of benzene rings is 1. The number of hydrogen-bond acceptors (Lipinski definition) is 3. The molecule has 1 aromatic carbocycles. The van der Waals surface area contributed by atoms with Crippen LogP contribution < -0.4 is 4.74 Å². The molecule has 3 heteroatoms. The first-order valence-electron chi connectivity index (χ1n) is 8.23. The topological polar surface area (TPSA) is 15.7 Å². The molecule has 0 N–H and O–H groups in total. The Hall–Kier alpha value is -1.06. The van der Waals surface area contributed by atoms with E-state index in [0.717, 1.165) is 24.9 Å². The molecule has 0 aromatic heterocycles. The molecule has 0 spiro atoms. The molecule has 0 radical (unpaired) electrons. The molecule has 1 aliphatic rings. The molecule has 3 nitrogen and oxygen atoms in total. The van der Waals surface area contributed by atoms with Gasteiger partial charge in [0, 0.05) is 12.6 Å². The molecule has 1 aliphatic heterocycles. The van der Waals surface area contributed by atoms with E-state index in [1.165, 1.54) is 31.5 Å². The summed E-state index contributed by atoms with van der Waals surface area (Å²) in [5.74, 6) is 0.974. The van der Waals surface area contributed by atoms with Gasteiger partial charge in [0.05, 0.1) is 0 Å². The molecule has 2 rings (SSSR count). The summed E-state index contributed by atoms with van der Waals surface area (Å²) in [6, 6.07) is 9.00. The van der Waals surface area contributed by atoms with E-state index in [4.69, 9.17) is 4.74 Å². The van der Waals surface area contributed by atoms with Crippen LogP contribution >= 0.6 is 0 Å². The molecular formula is C18H32N2O. The number of ether oxygens (including phenoxy) is 1. The Morgan fingerprint density at radius 1 is 1.14 bits per heavy atom. The minimum Gasteiger partial charge on any atom is -0.492 e. The molecule has 1 fully saturated rings. The summed E-state index contributed by atoms with van der Waals surface area (Å²) in [4.78, 5) is 4.86. The number of likely N-dealkylation sites (tertiary alicyclic amines) is 1. The van der Waals surface area contributed by atoms with Crippen LogP contribution in [0.3, 0.4) is 0 Å². The summed E-state index contributed by atoms with van der Waals surface area (Å²) >= 11 is 0. The highest BCUT2D eigenvalue weighted by Gasteiger charge is 2.20. The highest BCUT2D eigenvalue weighted by molar-refractivity contribution is 5.26. The lowest BCUT2D eigenvalue weighted by Gasteiger charge is -2.35. The van der Waals surface area contributed by atoms with E-state index in [9.17, 15) is 0 Å². The third-order valence-corrected chi connectivity index (χ3v) is 4.05. The van der Waals surface area contributed by atoms with Crippen molar-refractivity contribution in [3.63, 3.8) is 0 Å². The van der Waals surface area contributed by atoms with Gasteiger partial charge in [0.2, 0.25) is 0 Å². The predicted octanol–water partition coefficient (Wildman–Crippen LogP) is 3.43. The van der Waals surface area contributed by atoms with Crippen LogP contribution in [0.4, 0.5) is 0 Å². The first-order chi connectivity index (χ1) is 10.1. The fourth-order valence-electron chi connectivity index (χ4n) is 2.56. The van der Waals surface area contributed by atoms with Crippen molar-refractivity contribution in [3.05, 3.63) is 29.8 Å². The van der Waals surface area contributed by atoms with Crippen molar-refractivity contribution in [2.45, 2.75) is 39.7 Å². The predicted molar refractivity (Wildman–Crippen MR) is 91.2 cm³/mol. The fraction of sp³-hybridized carbons (Fsp3) is 0.667. The SMILES string of the molecule is CC.Cc1ccc(OCCN(C)C2CCN(C)CC2)cc1. The molecule has 120 valence electrons. The number of aryl methyl sites for hydroxylation is 1. The van der Waals surface area contributed by atoms with Crippen molar-refractivity contribution >= 4 is 0 Å². The van der Waals surface area contributed by atoms with Gasteiger partial charge >= 0.3 is 0 Å². The van der Waals surface area contributed by atoms with Crippen molar-refractivity contribution in [1.29, 1.82) is 0 Å². The van der Waals surface area contributed by atoms with Gasteiger partial charge in [-0.2, -0.15) is 0 Å². The summed E-state index contributed by atoms with van der Waals surface area (Å²) in [5.41, 5.74) is 1.27. The van der Waals surface area contributed by atoms with Gasteiger partial charge in [0.25, 0.3) is 0 Å². The lowest BCUT2D eigenvalue weighted by Crippen LogP contribution is -2.43. The quantitative estimate of drug-likeness (QED) is 0.827. The van der Waals surface area contributed by atoms with Gasteiger partial charge in [-0.3, -0.25) is 4.90 Å². The second kappa shape index (κ2) is 9.80. The van der Waals surface area contributed by atoms with Crippen molar-refractivity contribution in [2.75, 3.05) is 40.3 Å². The second-order valence-corrected chi connectivity index (χ2v) is 5.68. The van der Waals surface area contributed by atoms with Gasteiger partial charge in [-0.05, 0) is 59.1 Å². The Balaban J connectivity index is 0.00000106. The van der Waals surface area contributed by atoms with E-state index < -0.39 is 0 Å². The third kappa shape index (κ3) is 6.49. The monoisotopic (exact) mass is 292 g/mol. The Morgan fingerprint density at radius 3 is 2.29 bits per heavy atom. The Kier molecular flexibility index (Phi) is 8.40. The zero-order valence-electron chi connectivity index (χ0n) is 14.4. The number of nitrogens with zero attached hydrogens (tertiary/aromatic N) is 2. The number of likely N-dealkylation sites (N-methyl/N-ethyl adjacent to an activating group) is 1. The first kappa shape index (κ1) is 18.0. The summed E-state index contributed by atoms with van der Waals surface area (Å²) in [5, 5.41) is 0. The van der Waals surface area contributed by atoms with Crippen LogP contribution in [0.2, 0.25) is 0 Å². The van der Waals surface area contributed by atoms with Crippen LogP contribution in [0.5, 0.6) is 5.75 Å². The van der Waals surface area contributed by atoms with E-state index in [0.29, 0.717) is 0 Å². The average Bonchev–Trinajstić information content (AvgIpc) is 2.52. The van der Waals surface area contributed by atoms with Crippen molar-refractivity contribution < 1.29 is 4.74 Å². The molecule has 0 saturated carbocycles. The smallest absolute Gasteiger partial charge is 0.119 e. The lowest BCUT2D eigenvalue weighted by molar-refractivity contribution is 0.127. The first-order valence-corrected chi connectivity index (χ1v) is 8.23. The second-order valence-electron chi connectivity index (χ2n) is 5.68. The minimum absolute atomic E-state index is 0.720. The van der Waals surface area contributed by atoms with Crippen molar-refractivity contribution in [1.82, 2.24) is 9.80 Å².